The van der Waals surface area contributed by atoms with E-state index in [1.54, 1.807) is 24.3 Å². The average Bonchev–Trinajstić information content (AvgIpc) is 2.95. The summed E-state index contributed by atoms with van der Waals surface area (Å²) >= 11 is 14.2. The minimum absolute atomic E-state index is 0.175. The molecule has 8 heteroatoms. The molecule has 0 saturated carbocycles. The Hall–Kier alpha value is -1.28. The number of ether oxygens (including phenoxy) is 1. The molecule has 1 heterocycles. The number of amides is 1. The van der Waals surface area contributed by atoms with Crippen molar-refractivity contribution in [3.63, 3.8) is 0 Å². The molecule has 1 N–H and O–H groups in total. The Morgan fingerprint density at radius 2 is 1.89 bits per heavy atom. The summed E-state index contributed by atoms with van der Waals surface area (Å²) in [6.45, 7) is 2.69. The van der Waals surface area contributed by atoms with Crippen LogP contribution in [-0.2, 0) is 4.79 Å². The van der Waals surface area contributed by atoms with Crippen molar-refractivity contribution in [1.29, 1.82) is 0 Å². The number of hydrogen-bond acceptors (Lipinski definition) is 4. The zero-order valence-electron chi connectivity index (χ0n) is 14.3. The molecule has 4 nitrogen and oxygen atoms in total. The highest BCUT2D eigenvalue weighted by Gasteiger charge is 2.24. The van der Waals surface area contributed by atoms with Gasteiger partial charge >= 0.3 is 0 Å². The predicted octanol–water partition coefficient (Wildman–Crippen LogP) is 6.55. The molecule has 2 aromatic carbocycles. The third-order valence-corrected chi connectivity index (χ3v) is 5.82. The van der Waals surface area contributed by atoms with Crippen LogP contribution in [-0.4, -0.2) is 17.7 Å². The normalized spacial score (nSPS) is 16.8. The molecule has 3 rings (SSSR count). The molecule has 0 atom stereocenters. The van der Waals surface area contributed by atoms with Crippen molar-refractivity contribution in [3.8, 4) is 5.75 Å². The summed E-state index contributed by atoms with van der Waals surface area (Å²) in [5, 5.41) is 3.96. The number of carbonyl (C=O) groups is 1. The molecule has 140 valence electrons. The van der Waals surface area contributed by atoms with Crippen molar-refractivity contribution in [1.82, 2.24) is 5.32 Å². The van der Waals surface area contributed by atoms with Gasteiger partial charge in [0.05, 0.1) is 26.1 Å². The largest absolute Gasteiger partial charge is 0.491 e. The van der Waals surface area contributed by atoms with E-state index >= 15 is 0 Å². The fraction of sp³-hybridized carbons (Fsp3) is 0.158. The Balaban J connectivity index is 1.81. The zero-order valence-corrected chi connectivity index (χ0v) is 19.0. The van der Waals surface area contributed by atoms with E-state index in [2.05, 4.69) is 49.1 Å². The second-order valence-electron chi connectivity index (χ2n) is 5.62. The van der Waals surface area contributed by atoms with E-state index in [1.165, 1.54) is 11.8 Å². The summed E-state index contributed by atoms with van der Waals surface area (Å²) in [6, 6.07) is 11.0. The maximum Gasteiger partial charge on any atom is 0.264 e. The van der Waals surface area contributed by atoms with Gasteiger partial charge in [-0.15, -0.1) is 0 Å². The summed E-state index contributed by atoms with van der Waals surface area (Å²) in [5.41, 5.74) is 1.61. The van der Waals surface area contributed by atoms with E-state index in [0.29, 0.717) is 21.7 Å². The number of amidine groups is 1. The van der Waals surface area contributed by atoms with E-state index in [0.717, 1.165) is 32.4 Å². The topological polar surface area (TPSA) is 50.7 Å². The van der Waals surface area contributed by atoms with Crippen molar-refractivity contribution in [2.75, 3.05) is 6.61 Å². The van der Waals surface area contributed by atoms with Gasteiger partial charge in [0.25, 0.3) is 5.91 Å². The molecule has 1 amide bonds. The van der Waals surface area contributed by atoms with Crippen LogP contribution < -0.4 is 10.1 Å². The second kappa shape index (κ2) is 9.28. The van der Waals surface area contributed by atoms with Crippen molar-refractivity contribution < 1.29 is 9.53 Å². The van der Waals surface area contributed by atoms with Crippen molar-refractivity contribution >= 4 is 78.1 Å². The maximum atomic E-state index is 12.3. The molecule has 0 unspecified atom stereocenters. The van der Waals surface area contributed by atoms with E-state index in [1.807, 2.05) is 18.2 Å². The molecule has 0 aliphatic carbocycles. The van der Waals surface area contributed by atoms with Crippen LogP contribution in [0.2, 0.25) is 5.02 Å². The first-order valence-corrected chi connectivity index (χ1v) is 10.9. The minimum atomic E-state index is -0.175. The van der Waals surface area contributed by atoms with Crippen molar-refractivity contribution in [3.05, 3.63) is 60.8 Å². The van der Waals surface area contributed by atoms with E-state index in [4.69, 9.17) is 16.3 Å². The molecule has 1 fully saturated rings. The lowest BCUT2D eigenvalue weighted by Gasteiger charge is -2.10. The first kappa shape index (κ1) is 20.5. The fourth-order valence-corrected chi connectivity index (χ4v) is 4.69. The zero-order chi connectivity index (χ0) is 19.4. The summed E-state index contributed by atoms with van der Waals surface area (Å²) < 4.78 is 7.39. The first-order chi connectivity index (χ1) is 13.0. The average molecular weight is 531 g/mol. The molecular weight excluding hydrogens is 516 g/mol. The van der Waals surface area contributed by atoms with Crippen LogP contribution in [0.4, 0.5) is 5.69 Å². The lowest BCUT2D eigenvalue weighted by atomic mass is 10.2. The number of benzene rings is 2. The van der Waals surface area contributed by atoms with Gasteiger partial charge in [-0.2, -0.15) is 0 Å². The van der Waals surface area contributed by atoms with Crippen LogP contribution in [0.5, 0.6) is 5.75 Å². The Morgan fingerprint density at radius 1 is 1.22 bits per heavy atom. The number of nitrogens with zero attached hydrogens (tertiary/aromatic N) is 1. The van der Waals surface area contributed by atoms with Gasteiger partial charge in [-0.1, -0.05) is 18.5 Å². The molecule has 0 aromatic heterocycles. The number of hydrogen-bond donors (Lipinski definition) is 1. The highest BCUT2D eigenvalue weighted by atomic mass is 79.9. The van der Waals surface area contributed by atoms with E-state index < -0.39 is 0 Å². The lowest BCUT2D eigenvalue weighted by molar-refractivity contribution is -0.115. The summed E-state index contributed by atoms with van der Waals surface area (Å²) in [6.07, 6.45) is 2.75. The van der Waals surface area contributed by atoms with Gasteiger partial charge in [-0.25, -0.2) is 4.99 Å². The van der Waals surface area contributed by atoms with Gasteiger partial charge in [0.2, 0.25) is 0 Å². The van der Waals surface area contributed by atoms with Gasteiger partial charge < -0.3 is 10.1 Å². The molecule has 0 spiro atoms. The molecule has 0 bridgehead atoms. The Kier molecular flexibility index (Phi) is 7.03. The van der Waals surface area contributed by atoms with Crippen LogP contribution in [0.1, 0.15) is 18.9 Å². The standard InChI is InChI=1S/C19H15Br2ClN2O2S/c1-2-7-26-17-14(20)8-11(9-15(17)21)10-16-18(25)24-19(27-16)23-13-5-3-12(22)4-6-13/h3-6,8-10H,2,7H2,1H3,(H,23,24,25)/b16-10-. The number of aliphatic imine (C=N–C) groups is 1. The smallest absolute Gasteiger partial charge is 0.264 e. The summed E-state index contributed by atoms with van der Waals surface area (Å²) in [4.78, 5) is 17.3. The molecule has 1 aliphatic rings. The van der Waals surface area contributed by atoms with Crippen LogP contribution in [0, 0.1) is 0 Å². The quantitative estimate of drug-likeness (QED) is 0.447. The highest BCUT2D eigenvalue weighted by molar-refractivity contribution is 9.11. The molecule has 27 heavy (non-hydrogen) atoms. The predicted molar refractivity (Wildman–Crippen MR) is 120 cm³/mol. The molecule has 0 radical (unpaired) electrons. The highest BCUT2D eigenvalue weighted by Crippen LogP contribution is 2.36. The van der Waals surface area contributed by atoms with Crippen LogP contribution in [0.25, 0.3) is 6.08 Å². The number of carbonyl (C=O) groups excluding carboxylic acids is 1. The van der Waals surface area contributed by atoms with Gasteiger partial charge in [-0.05, 0) is 98.1 Å². The Morgan fingerprint density at radius 3 is 2.52 bits per heavy atom. The molecule has 1 saturated heterocycles. The number of thioether (sulfide) groups is 1. The van der Waals surface area contributed by atoms with Gasteiger partial charge in [0, 0.05) is 5.02 Å². The third-order valence-electron chi connectivity index (χ3n) is 3.48. The maximum absolute atomic E-state index is 12.3. The van der Waals surface area contributed by atoms with Crippen LogP contribution in [0.15, 0.2) is 55.2 Å². The monoisotopic (exact) mass is 528 g/mol. The number of halogens is 3. The van der Waals surface area contributed by atoms with Gasteiger partial charge in [0.15, 0.2) is 5.17 Å². The van der Waals surface area contributed by atoms with Gasteiger partial charge in [0.1, 0.15) is 5.75 Å². The molecule has 1 aliphatic heterocycles. The van der Waals surface area contributed by atoms with E-state index in [9.17, 15) is 4.79 Å². The molecular formula is C19H15Br2ClN2O2S. The van der Waals surface area contributed by atoms with Crippen molar-refractivity contribution in [2.45, 2.75) is 13.3 Å². The lowest BCUT2D eigenvalue weighted by Crippen LogP contribution is -2.19. The third kappa shape index (κ3) is 5.38. The number of nitrogens with one attached hydrogen (secondary N) is 1. The van der Waals surface area contributed by atoms with Crippen LogP contribution in [0.3, 0.4) is 0 Å². The minimum Gasteiger partial charge on any atom is -0.491 e. The van der Waals surface area contributed by atoms with Crippen LogP contribution >= 0.6 is 55.2 Å². The van der Waals surface area contributed by atoms with Gasteiger partial charge in [-0.3, -0.25) is 4.79 Å². The number of rotatable bonds is 5. The fourth-order valence-electron chi connectivity index (χ4n) is 2.27. The Labute approximate surface area is 183 Å². The molecule has 2 aromatic rings. The SMILES string of the molecule is CCCOc1c(Br)cc(/C=C2\SC(=Nc3ccc(Cl)cc3)NC2=O)cc1Br. The summed E-state index contributed by atoms with van der Waals surface area (Å²) in [5.74, 6) is 0.582. The first-order valence-electron chi connectivity index (χ1n) is 8.13. The van der Waals surface area contributed by atoms with Crippen molar-refractivity contribution in [2.24, 2.45) is 4.99 Å². The summed E-state index contributed by atoms with van der Waals surface area (Å²) in [7, 11) is 0. The Bertz CT molecular complexity index is 907. The second-order valence-corrected chi connectivity index (χ2v) is 8.80. The van der Waals surface area contributed by atoms with E-state index in [-0.39, 0.29) is 5.91 Å².